The zero-order valence-corrected chi connectivity index (χ0v) is 22.8. The molecule has 3 aromatic rings. The molecule has 4 rings (SSSR count). The second kappa shape index (κ2) is 11.8. The highest BCUT2D eigenvalue weighted by Crippen LogP contribution is 2.20. The van der Waals surface area contributed by atoms with Crippen LogP contribution in [-0.4, -0.2) is 74.1 Å². The average molecular weight is 556 g/mol. The minimum absolute atomic E-state index is 0.0581. The van der Waals surface area contributed by atoms with Crippen LogP contribution in [0.15, 0.2) is 70.9 Å². The summed E-state index contributed by atoms with van der Waals surface area (Å²) in [6.07, 6.45) is 0. The predicted molar refractivity (Wildman–Crippen MR) is 144 cm³/mol. The van der Waals surface area contributed by atoms with Gasteiger partial charge in [-0.1, -0.05) is 23.8 Å². The minimum atomic E-state index is -4.25. The van der Waals surface area contributed by atoms with Gasteiger partial charge in [-0.2, -0.15) is 0 Å². The topological polar surface area (TPSA) is 113 Å². The first-order valence-corrected chi connectivity index (χ1v) is 14.6. The highest BCUT2D eigenvalue weighted by atomic mass is 32.2. The molecule has 2 aromatic carbocycles. The number of thiophene rings is 1. The zero-order valence-electron chi connectivity index (χ0n) is 21.1. The number of carbonyl (C=O) groups excluding carboxylic acids is 3. The SMILES string of the molecule is CCOc1ccc(C(=O)N2CCN(C(=O)[C@@H](NC(=O)c3cccs3)S(=O)(=O)c3ccc(C)cc3)CC2)cc1. The van der Waals surface area contributed by atoms with Gasteiger partial charge in [-0.15, -0.1) is 11.3 Å². The van der Waals surface area contributed by atoms with Gasteiger partial charge < -0.3 is 19.9 Å². The number of benzene rings is 2. The maximum Gasteiger partial charge on any atom is 0.262 e. The summed E-state index contributed by atoms with van der Waals surface area (Å²) in [4.78, 5) is 42.6. The number of nitrogens with zero attached hydrogens (tertiary/aromatic N) is 2. The van der Waals surface area contributed by atoms with E-state index < -0.39 is 27.0 Å². The van der Waals surface area contributed by atoms with E-state index in [0.717, 1.165) is 16.9 Å². The smallest absolute Gasteiger partial charge is 0.262 e. The lowest BCUT2D eigenvalue weighted by Crippen LogP contribution is -2.57. The van der Waals surface area contributed by atoms with E-state index in [1.165, 1.54) is 17.0 Å². The molecule has 9 nitrogen and oxygen atoms in total. The fourth-order valence-electron chi connectivity index (χ4n) is 4.07. The Balaban J connectivity index is 1.49. The van der Waals surface area contributed by atoms with Crippen LogP contribution in [0.1, 0.15) is 32.5 Å². The van der Waals surface area contributed by atoms with Gasteiger partial charge in [0.15, 0.2) is 0 Å². The number of nitrogens with one attached hydrogen (secondary N) is 1. The van der Waals surface area contributed by atoms with Crippen molar-refractivity contribution in [2.75, 3.05) is 32.8 Å². The molecule has 11 heteroatoms. The molecule has 1 saturated heterocycles. The maximum absolute atomic E-state index is 13.6. The van der Waals surface area contributed by atoms with Crippen molar-refractivity contribution >= 4 is 38.9 Å². The Bertz CT molecular complexity index is 1380. The van der Waals surface area contributed by atoms with Crippen LogP contribution in [0, 0.1) is 6.92 Å². The van der Waals surface area contributed by atoms with E-state index in [1.807, 2.05) is 13.8 Å². The Hall–Kier alpha value is -3.70. The Kier molecular flexibility index (Phi) is 8.48. The van der Waals surface area contributed by atoms with Crippen molar-refractivity contribution in [3.8, 4) is 5.75 Å². The van der Waals surface area contributed by atoms with Gasteiger partial charge in [-0.05, 0) is 61.7 Å². The predicted octanol–water partition coefficient (Wildman–Crippen LogP) is 2.97. The highest BCUT2D eigenvalue weighted by molar-refractivity contribution is 7.92. The Morgan fingerprint density at radius 1 is 0.947 bits per heavy atom. The standard InChI is InChI=1S/C27H29N3O6S2/c1-3-36-21-10-8-20(9-11-21)26(32)29-14-16-30(17-15-29)27(33)25(28-24(31)23-5-4-18-37-23)38(34,35)22-12-6-19(2)7-13-22/h4-13,18,25H,3,14-17H2,1-2H3,(H,28,31)/t25-/m0/s1. The summed E-state index contributed by atoms with van der Waals surface area (Å²) in [6.45, 7) is 4.96. The molecular weight excluding hydrogens is 526 g/mol. The third kappa shape index (κ3) is 6.05. The summed E-state index contributed by atoms with van der Waals surface area (Å²) in [7, 11) is -4.25. The zero-order chi connectivity index (χ0) is 27.3. The van der Waals surface area contributed by atoms with Crippen molar-refractivity contribution in [1.29, 1.82) is 0 Å². The average Bonchev–Trinajstić information content (AvgIpc) is 3.47. The van der Waals surface area contributed by atoms with Crippen LogP contribution in [-0.2, 0) is 14.6 Å². The van der Waals surface area contributed by atoms with E-state index in [-0.39, 0.29) is 37.0 Å². The van der Waals surface area contributed by atoms with Crippen molar-refractivity contribution in [3.63, 3.8) is 0 Å². The van der Waals surface area contributed by atoms with Gasteiger partial charge in [0.25, 0.3) is 17.7 Å². The number of hydrogen-bond acceptors (Lipinski definition) is 7. The summed E-state index contributed by atoms with van der Waals surface area (Å²) in [5.74, 6) is -0.887. The van der Waals surface area contributed by atoms with E-state index in [2.05, 4.69) is 5.32 Å². The van der Waals surface area contributed by atoms with Crippen LogP contribution < -0.4 is 10.1 Å². The number of piperazine rings is 1. The first-order chi connectivity index (χ1) is 18.2. The van der Waals surface area contributed by atoms with Crippen molar-refractivity contribution in [2.24, 2.45) is 0 Å². The van der Waals surface area contributed by atoms with Crippen molar-refractivity contribution in [3.05, 3.63) is 82.0 Å². The number of amides is 3. The summed E-state index contributed by atoms with van der Waals surface area (Å²) < 4.78 is 32.5. The fraction of sp³-hybridized carbons (Fsp3) is 0.296. The molecule has 1 fully saturated rings. The number of ether oxygens (including phenoxy) is 1. The van der Waals surface area contributed by atoms with Gasteiger partial charge in [0, 0.05) is 31.7 Å². The lowest BCUT2D eigenvalue weighted by molar-refractivity contribution is -0.132. The molecule has 0 aliphatic carbocycles. The number of hydrogen-bond donors (Lipinski definition) is 1. The number of rotatable bonds is 8. The monoisotopic (exact) mass is 555 g/mol. The third-order valence-corrected chi connectivity index (χ3v) is 8.92. The van der Waals surface area contributed by atoms with Gasteiger partial charge >= 0.3 is 0 Å². The van der Waals surface area contributed by atoms with Crippen LogP contribution in [0.25, 0.3) is 0 Å². The van der Waals surface area contributed by atoms with Gasteiger partial charge in [-0.25, -0.2) is 8.42 Å². The Morgan fingerprint density at radius 3 is 2.16 bits per heavy atom. The molecule has 1 aromatic heterocycles. The molecule has 1 atom stereocenters. The number of sulfone groups is 1. The van der Waals surface area contributed by atoms with Crippen LogP contribution in [0.3, 0.4) is 0 Å². The summed E-state index contributed by atoms with van der Waals surface area (Å²) in [6, 6.07) is 16.2. The quantitative estimate of drug-likeness (QED) is 0.457. The summed E-state index contributed by atoms with van der Waals surface area (Å²) in [5, 5.41) is 2.34. The van der Waals surface area contributed by atoms with Crippen LogP contribution in [0.4, 0.5) is 0 Å². The minimum Gasteiger partial charge on any atom is -0.494 e. The molecule has 0 radical (unpaired) electrons. The molecule has 200 valence electrons. The van der Waals surface area contributed by atoms with E-state index in [4.69, 9.17) is 4.74 Å². The first kappa shape index (κ1) is 27.3. The molecule has 2 heterocycles. The molecule has 1 aliphatic rings. The largest absolute Gasteiger partial charge is 0.494 e. The lowest BCUT2D eigenvalue weighted by Gasteiger charge is -2.36. The second-order valence-electron chi connectivity index (χ2n) is 8.76. The second-order valence-corrected chi connectivity index (χ2v) is 11.7. The third-order valence-electron chi connectivity index (χ3n) is 6.18. The fourth-order valence-corrected chi connectivity index (χ4v) is 6.16. The van der Waals surface area contributed by atoms with Crippen molar-refractivity contribution < 1.29 is 27.5 Å². The van der Waals surface area contributed by atoms with Crippen LogP contribution >= 0.6 is 11.3 Å². The molecule has 1 N–H and O–H groups in total. The van der Waals surface area contributed by atoms with Crippen molar-refractivity contribution in [1.82, 2.24) is 15.1 Å². The molecular formula is C27H29N3O6S2. The molecule has 0 spiro atoms. The summed E-state index contributed by atoms with van der Waals surface area (Å²) in [5.41, 5.74) is 1.36. The van der Waals surface area contributed by atoms with E-state index >= 15 is 0 Å². The lowest BCUT2D eigenvalue weighted by atomic mass is 10.1. The normalized spacial score (nSPS) is 14.6. The van der Waals surface area contributed by atoms with E-state index in [0.29, 0.717) is 22.8 Å². The van der Waals surface area contributed by atoms with Crippen LogP contribution in [0.2, 0.25) is 0 Å². The highest BCUT2D eigenvalue weighted by Gasteiger charge is 2.39. The van der Waals surface area contributed by atoms with Gasteiger partial charge in [0.2, 0.25) is 15.2 Å². The van der Waals surface area contributed by atoms with Crippen molar-refractivity contribution in [2.45, 2.75) is 24.1 Å². The van der Waals surface area contributed by atoms with E-state index in [1.54, 1.807) is 58.8 Å². The molecule has 1 aliphatic heterocycles. The van der Waals surface area contributed by atoms with E-state index in [9.17, 15) is 22.8 Å². The van der Waals surface area contributed by atoms with Crippen LogP contribution in [0.5, 0.6) is 5.75 Å². The van der Waals surface area contributed by atoms with Gasteiger partial charge in [-0.3, -0.25) is 14.4 Å². The molecule has 0 saturated carbocycles. The molecule has 3 amide bonds. The molecule has 0 bridgehead atoms. The number of aryl methyl sites for hydroxylation is 1. The first-order valence-electron chi connectivity index (χ1n) is 12.2. The molecule has 0 unspecified atom stereocenters. The Labute approximate surface area is 225 Å². The Morgan fingerprint density at radius 2 is 1.58 bits per heavy atom. The molecule has 38 heavy (non-hydrogen) atoms. The summed E-state index contributed by atoms with van der Waals surface area (Å²) >= 11 is 1.15. The maximum atomic E-state index is 13.6. The van der Waals surface area contributed by atoms with Gasteiger partial charge in [0.05, 0.1) is 16.4 Å². The number of carbonyl (C=O) groups is 3. The van der Waals surface area contributed by atoms with Gasteiger partial charge in [0.1, 0.15) is 5.75 Å².